The molecule has 0 spiro atoms. The van der Waals surface area contributed by atoms with Crippen LogP contribution in [-0.2, 0) is 11.3 Å². The average Bonchev–Trinajstić information content (AvgIpc) is 2.40. The predicted octanol–water partition coefficient (Wildman–Crippen LogP) is 3.37. The van der Waals surface area contributed by atoms with Gasteiger partial charge in [-0.25, -0.2) is 0 Å². The van der Waals surface area contributed by atoms with Crippen molar-refractivity contribution >= 4 is 0 Å². The molecule has 2 rings (SSSR count). The molecule has 0 aliphatic rings. The molecule has 0 saturated heterocycles. The normalized spacial score (nSPS) is 9.88. The number of rotatable bonds is 3. The average molecular weight is 223 g/mol. The fourth-order valence-corrected chi connectivity index (χ4v) is 1.87. The van der Waals surface area contributed by atoms with Gasteiger partial charge in [0.05, 0.1) is 12.2 Å². The number of nitriles is 1. The molecule has 17 heavy (non-hydrogen) atoms. The van der Waals surface area contributed by atoms with E-state index >= 15 is 0 Å². The Kier molecular flexibility index (Phi) is 3.54. The van der Waals surface area contributed by atoms with Gasteiger partial charge in [0, 0.05) is 7.11 Å². The molecular weight excluding hydrogens is 210 g/mol. The van der Waals surface area contributed by atoms with Crippen molar-refractivity contribution in [3.63, 3.8) is 0 Å². The third kappa shape index (κ3) is 2.35. The second-order valence-electron chi connectivity index (χ2n) is 3.75. The molecule has 0 bridgehead atoms. The van der Waals surface area contributed by atoms with E-state index in [9.17, 15) is 5.26 Å². The van der Waals surface area contributed by atoms with Crippen LogP contribution in [-0.4, -0.2) is 7.11 Å². The smallest absolute Gasteiger partial charge is 0.100 e. The highest BCUT2D eigenvalue weighted by Gasteiger charge is 2.08. The van der Waals surface area contributed by atoms with Gasteiger partial charge in [-0.2, -0.15) is 5.26 Å². The van der Waals surface area contributed by atoms with Crippen LogP contribution in [0.15, 0.2) is 48.5 Å². The number of hydrogen-bond acceptors (Lipinski definition) is 2. The lowest BCUT2D eigenvalue weighted by Gasteiger charge is -2.08. The molecule has 0 saturated carbocycles. The molecule has 0 radical (unpaired) electrons. The zero-order chi connectivity index (χ0) is 12.1. The van der Waals surface area contributed by atoms with E-state index in [4.69, 9.17) is 4.74 Å². The van der Waals surface area contributed by atoms with Crippen LogP contribution in [0.25, 0.3) is 11.1 Å². The first-order chi connectivity index (χ1) is 8.36. The highest BCUT2D eigenvalue weighted by molar-refractivity contribution is 5.72. The van der Waals surface area contributed by atoms with Gasteiger partial charge in [0.2, 0.25) is 0 Å². The van der Waals surface area contributed by atoms with Gasteiger partial charge >= 0.3 is 0 Å². The third-order valence-corrected chi connectivity index (χ3v) is 2.65. The summed E-state index contributed by atoms with van der Waals surface area (Å²) < 4.78 is 5.11. The minimum Gasteiger partial charge on any atom is -0.380 e. The molecule has 0 aliphatic carbocycles. The summed E-state index contributed by atoms with van der Waals surface area (Å²) in [7, 11) is 1.64. The lowest BCUT2D eigenvalue weighted by molar-refractivity contribution is 0.184. The molecule has 0 aromatic heterocycles. The van der Waals surface area contributed by atoms with Crippen molar-refractivity contribution in [3.05, 3.63) is 59.7 Å². The monoisotopic (exact) mass is 223 g/mol. The maximum absolute atomic E-state index is 9.28. The third-order valence-electron chi connectivity index (χ3n) is 2.65. The topological polar surface area (TPSA) is 33.0 Å². The summed E-state index contributed by atoms with van der Waals surface area (Å²) in [4.78, 5) is 0. The molecule has 0 amide bonds. The van der Waals surface area contributed by atoms with E-state index in [2.05, 4.69) is 6.07 Å². The summed E-state index contributed by atoms with van der Waals surface area (Å²) in [6, 6.07) is 18.0. The van der Waals surface area contributed by atoms with Crippen LogP contribution < -0.4 is 0 Å². The van der Waals surface area contributed by atoms with E-state index in [1.807, 2.05) is 48.5 Å². The van der Waals surface area contributed by atoms with Gasteiger partial charge in [-0.05, 0) is 16.7 Å². The molecule has 84 valence electrons. The number of hydrogen-bond donors (Lipinski definition) is 0. The Morgan fingerprint density at radius 2 is 1.82 bits per heavy atom. The molecule has 0 aliphatic heterocycles. The highest BCUT2D eigenvalue weighted by atomic mass is 16.5. The molecular formula is C15H13NO. The van der Waals surface area contributed by atoms with Crippen molar-refractivity contribution in [2.75, 3.05) is 7.11 Å². The summed E-state index contributed by atoms with van der Waals surface area (Å²) in [6.07, 6.45) is 0. The molecule has 0 unspecified atom stereocenters. The van der Waals surface area contributed by atoms with Gasteiger partial charge < -0.3 is 4.74 Å². The number of nitrogens with zero attached hydrogens (tertiary/aromatic N) is 1. The van der Waals surface area contributed by atoms with Crippen LogP contribution in [0, 0.1) is 11.3 Å². The van der Waals surface area contributed by atoms with Crippen molar-refractivity contribution in [3.8, 4) is 17.2 Å². The van der Waals surface area contributed by atoms with E-state index in [0.29, 0.717) is 12.2 Å². The van der Waals surface area contributed by atoms with Gasteiger partial charge in [0.15, 0.2) is 0 Å². The molecule has 0 fully saturated rings. The van der Waals surface area contributed by atoms with Gasteiger partial charge in [-0.15, -0.1) is 0 Å². The van der Waals surface area contributed by atoms with Crippen LogP contribution in [0.4, 0.5) is 0 Å². The molecule has 2 aromatic carbocycles. The Labute approximate surface area is 101 Å². The number of methoxy groups -OCH3 is 1. The van der Waals surface area contributed by atoms with Gasteiger partial charge in [0.25, 0.3) is 0 Å². The zero-order valence-electron chi connectivity index (χ0n) is 9.68. The van der Waals surface area contributed by atoms with Gasteiger partial charge in [0.1, 0.15) is 6.07 Å². The maximum Gasteiger partial charge on any atom is 0.100 e. The fourth-order valence-electron chi connectivity index (χ4n) is 1.87. The Bertz CT molecular complexity index is 541. The van der Waals surface area contributed by atoms with Crippen molar-refractivity contribution in [1.29, 1.82) is 5.26 Å². The first-order valence-electron chi connectivity index (χ1n) is 5.43. The first kappa shape index (κ1) is 11.4. The molecule has 0 heterocycles. The standard InChI is InChI=1S/C15H13NO/c1-17-11-13-8-5-9-14(15(13)10-16)12-6-3-2-4-7-12/h2-9H,11H2,1H3. The summed E-state index contributed by atoms with van der Waals surface area (Å²) >= 11 is 0. The lowest BCUT2D eigenvalue weighted by Crippen LogP contribution is -1.95. The quantitative estimate of drug-likeness (QED) is 0.799. The number of ether oxygens (including phenoxy) is 1. The van der Waals surface area contributed by atoms with Crippen LogP contribution in [0.2, 0.25) is 0 Å². The molecule has 0 atom stereocenters. The molecule has 0 N–H and O–H groups in total. The molecule has 2 aromatic rings. The van der Waals surface area contributed by atoms with Crippen LogP contribution >= 0.6 is 0 Å². The Hall–Kier alpha value is -2.11. The van der Waals surface area contributed by atoms with E-state index in [0.717, 1.165) is 16.7 Å². The molecule has 2 nitrogen and oxygen atoms in total. The van der Waals surface area contributed by atoms with Crippen molar-refractivity contribution in [2.45, 2.75) is 6.61 Å². The van der Waals surface area contributed by atoms with Crippen molar-refractivity contribution < 1.29 is 4.74 Å². The Morgan fingerprint density at radius 1 is 1.06 bits per heavy atom. The Balaban J connectivity index is 2.56. The number of benzene rings is 2. The van der Waals surface area contributed by atoms with Crippen molar-refractivity contribution in [2.24, 2.45) is 0 Å². The van der Waals surface area contributed by atoms with Gasteiger partial charge in [-0.3, -0.25) is 0 Å². The van der Waals surface area contributed by atoms with Crippen LogP contribution in [0.5, 0.6) is 0 Å². The summed E-state index contributed by atoms with van der Waals surface area (Å²) in [5.41, 5.74) is 3.64. The second-order valence-corrected chi connectivity index (χ2v) is 3.75. The first-order valence-corrected chi connectivity index (χ1v) is 5.43. The minimum atomic E-state index is 0.462. The van der Waals surface area contributed by atoms with Crippen LogP contribution in [0.3, 0.4) is 0 Å². The van der Waals surface area contributed by atoms with E-state index in [-0.39, 0.29) is 0 Å². The van der Waals surface area contributed by atoms with E-state index in [1.165, 1.54) is 0 Å². The molecule has 2 heteroatoms. The van der Waals surface area contributed by atoms with Gasteiger partial charge in [-0.1, -0.05) is 48.5 Å². The zero-order valence-corrected chi connectivity index (χ0v) is 9.68. The SMILES string of the molecule is COCc1cccc(-c2ccccc2)c1C#N. The fraction of sp³-hybridized carbons (Fsp3) is 0.133. The summed E-state index contributed by atoms with van der Waals surface area (Å²) in [5, 5.41) is 9.28. The lowest BCUT2D eigenvalue weighted by atomic mass is 9.96. The minimum absolute atomic E-state index is 0.462. The van der Waals surface area contributed by atoms with Crippen LogP contribution in [0.1, 0.15) is 11.1 Å². The highest BCUT2D eigenvalue weighted by Crippen LogP contribution is 2.25. The largest absolute Gasteiger partial charge is 0.380 e. The summed E-state index contributed by atoms with van der Waals surface area (Å²) in [6.45, 7) is 0.462. The maximum atomic E-state index is 9.28. The Morgan fingerprint density at radius 3 is 2.47 bits per heavy atom. The second kappa shape index (κ2) is 5.29. The summed E-state index contributed by atoms with van der Waals surface area (Å²) in [5.74, 6) is 0. The van der Waals surface area contributed by atoms with Crippen molar-refractivity contribution in [1.82, 2.24) is 0 Å². The predicted molar refractivity (Wildman–Crippen MR) is 67.3 cm³/mol. The van der Waals surface area contributed by atoms with E-state index < -0.39 is 0 Å². The van der Waals surface area contributed by atoms with E-state index in [1.54, 1.807) is 7.11 Å².